The fourth-order valence-corrected chi connectivity index (χ4v) is 4.21. The maximum atomic E-state index is 13.1. The van der Waals surface area contributed by atoms with Crippen LogP contribution in [-0.4, -0.2) is 59.9 Å². The van der Waals surface area contributed by atoms with Gasteiger partial charge in [-0.1, -0.05) is 13.8 Å². The van der Waals surface area contributed by atoms with Crippen LogP contribution in [0.5, 0.6) is 5.75 Å². The van der Waals surface area contributed by atoms with Crippen molar-refractivity contribution in [3.8, 4) is 5.75 Å². The third kappa shape index (κ3) is 4.30. The van der Waals surface area contributed by atoms with Gasteiger partial charge in [-0.3, -0.25) is 9.59 Å². The van der Waals surface area contributed by atoms with Crippen LogP contribution in [0.4, 0.5) is 0 Å². The van der Waals surface area contributed by atoms with Gasteiger partial charge in [0.1, 0.15) is 29.1 Å². The molecule has 1 fully saturated rings. The normalized spacial score (nSPS) is 18.1. The summed E-state index contributed by atoms with van der Waals surface area (Å²) in [6, 6.07) is 6.36. The van der Waals surface area contributed by atoms with Crippen LogP contribution >= 0.6 is 0 Å². The lowest BCUT2D eigenvalue weighted by Crippen LogP contribution is -2.37. The predicted octanol–water partition coefficient (Wildman–Crippen LogP) is 3.98. The van der Waals surface area contributed by atoms with E-state index in [2.05, 4.69) is 18.7 Å². The van der Waals surface area contributed by atoms with E-state index >= 15 is 0 Å². The first kappa shape index (κ1) is 23.6. The molecule has 1 unspecified atom stereocenters. The summed E-state index contributed by atoms with van der Waals surface area (Å²) in [5.74, 6) is 0.305. The summed E-state index contributed by atoms with van der Waals surface area (Å²) in [5, 5.41) is 11.3. The summed E-state index contributed by atoms with van der Waals surface area (Å²) in [4.78, 5) is 29.9. The number of methoxy groups -OCH3 is 1. The SMILES string of the molecule is CCN(CC)CCN1C(=O)C(=O)/C(=C(/O)c2cc(C)c(OC)cc2C)C1c1ccc(C)o1. The Kier molecular flexibility index (Phi) is 7.09. The second-order valence-corrected chi connectivity index (χ2v) is 8.10. The minimum absolute atomic E-state index is 0.0524. The number of ketones is 1. The number of ether oxygens (including phenoxy) is 1. The van der Waals surface area contributed by atoms with E-state index in [1.54, 1.807) is 25.3 Å². The number of furan rings is 1. The van der Waals surface area contributed by atoms with Crippen molar-refractivity contribution >= 4 is 17.4 Å². The van der Waals surface area contributed by atoms with E-state index in [1.165, 1.54) is 4.90 Å². The van der Waals surface area contributed by atoms with Gasteiger partial charge in [-0.05, 0) is 69.3 Å². The van der Waals surface area contributed by atoms with E-state index in [4.69, 9.17) is 9.15 Å². The number of amides is 1. The molecule has 2 heterocycles. The van der Waals surface area contributed by atoms with Crippen LogP contribution in [0.3, 0.4) is 0 Å². The Morgan fingerprint density at radius 2 is 1.81 bits per heavy atom. The van der Waals surface area contributed by atoms with Crippen LogP contribution in [0.25, 0.3) is 5.76 Å². The van der Waals surface area contributed by atoms with Gasteiger partial charge < -0.3 is 24.1 Å². The van der Waals surface area contributed by atoms with E-state index in [0.29, 0.717) is 35.9 Å². The third-order valence-electron chi connectivity index (χ3n) is 6.12. The van der Waals surface area contributed by atoms with Gasteiger partial charge in [0.05, 0.1) is 12.7 Å². The highest BCUT2D eigenvalue weighted by Crippen LogP contribution is 2.41. The summed E-state index contributed by atoms with van der Waals surface area (Å²) in [6.07, 6.45) is 0. The highest BCUT2D eigenvalue weighted by atomic mass is 16.5. The summed E-state index contributed by atoms with van der Waals surface area (Å²) in [5.41, 5.74) is 2.12. The smallest absolute Gasteiger partial charge is 0.295 e. The number of benzene rings is 1. The maximum absolute atomic E-state index is 13.1. The van der Waals surface area contributed by atoms with Gasteiger partial charge in [0.2, 0.25) is 0 Å². The number of rotatable bonds is 8. The molecule has 0 saturated carbocycles. The molecule has 0 aliphatic carbocycles. The monoisotopic (exact) mass is 440 g/mol. The van der Waals surface area contributed by atoms with E-state index in [1.807, 2.05) is 26.8 Å². The molecule has 1 aromatic carbocycles. The molecule has 1 aliphatic rings. The Balaban J connectivity index is 2.13. The lowest BCUT2D eigenvalue weighted by molar-refractivity contribution is -0.140. The Labute approximate surface area is 189 Å². The fraction of sp³-hybridized carbons (Fsp3) is 0.440. The first-order valence-corrected chi connectivity index (χ1v) is 11.0. The Hall–Kier alpha value is -3.06. The van der Waals surface area contributed by atoms with Gasteiger partial charge in [-0.15, -0.1) is 0 Å². The zero-order valence-corrected chi connectivity index (χ0v) is 19.7. The largest absolute Gasteiger partial charge is 0.507 e. The highest BCUT2D eigenvalue weighted by Gasteiger charge is 2.47. The molecule has 1 amide bonds. The minimum atomic E-state index is -0.777. The summed E-state index contributed by atoms with van der Waals surface area (Å²) in [6.45, 7) is 12.3. The zero-order chi connectivity index (χ0) is 23.6. The molecular formula is C25H32N2O5. The number of likely N-dealkylation sites (tertiary alicyclic amines) is 1. The van der Waals surface area contributed by atoms with Crippen molar-refractivity contribution < 1.29 is 23.8 Å². The number of likely N-dealkylation sites (N-methyl/N-ethyl adjacent to an activating group) is 1. The molecule has 1 N–H and O–H groups in total. The Morgan fingerprint density at radius 3 is 2.38 bits per heavy atom. The van der Waals surface area contributed by atoms with Crippen LogP contribution in [0.1, 0.15) is 48.1 Å². The first-order valence-electron chi connectivity index (χ1n) is 11.0. The molecule has 7 heteroatoms. The maximum Gasteiger partial charge on any atom is 0.295 e. The molecule has 2 aromatic rings. The average molecular weight is 441 g/mol. The molecule has 172 valence electrons. The van der Waals surface area contributed by atoms with Crippen molar-refractivity contribution in [2.75, 3.05) is 33.3 Å². The van der Waals surface area contributed by atoms with Crippen LogP contribution in [0.2, 0.25) is 0 Å². The van der Waals surface area contributed by atoms with Gasteiger partial charge in [-0.25, -0.2) is 0 Å². The highest BCUT2D eigenvalue weighted by molar-refractivity contribution is 6.46. The van der Waals surface area contributed by atoms with Crippen LogP contribution in [0.15, 0.2) is 34.3 Å². The standard InChI is InChI=1S/C25H32N2O5/c1-7-26(8-2)11-12-27-22(19-10-9-17(5)32-19)21(24(29)25(27)30)23(28)18-13-16(4)20(31-6)14-15(18)3/h9-10,13-14,22,28H,7-8,11-12H2,1-6H3/b23-21+. The molecule has 0 radical (unpaired) electrons. The molecule has 0 spiro atoms. The summed E-state index contributed by atoms with van der Waals surface area (Å²) in [7, 11) is 1.59. The quantitative estimate of drug-likeness (QED) is 0.380. The van der Waals surface area contributed by atoms with Crippen molar-refractivity contribution in [1.82, 2.24) is 9.80 Å². The first-order chi connectivity index (χ1) is 15.2. The van der Waals surface area contributed by atoms with Crippen molar-refractivity contribution in [2.45, 2.75) is 40.7 Å². The van der Waals surface area contributed by atoms with Crippen LogP contribution in [0, 0.1) is 20.8 Å². The number of aliphatic hydroxyl groups is 1. The second kappa shape index (κ2) is 9.61. The average Bonchev–Trinajstić information content (AvgIpc) is 3.31. The molecule has 32 heavy (non-hydrogen) atoms. The molecule has 1 atom stereocenters. The zero-order valence-electron chi connectivity index (χ0n) is 19.7. The van der Waals surface area contributed by atoms with Gasteiger partial charge >= 0.3 is 0 Å². The number of Topliss-reactive ketones (excluding diaryl/α,β-unsaturated/α-hetero) is 1. The van der Waals surface area contributed by atoms with Gasteiger partial charge in [-0.2, -0.15) is 0 Å². The predicted molar refractivity (Wildman–Crippen MR) is 123 cm³/mol. The topological polar surface area (TPSA) is 83.2 Å². The Morgan fingerprint density at radius 1 is 1.12 bits per heavy atom. The molecule has 3 rings (SSSR count). The number of carbonyl (C=O) groups excluding carboxylic acids is 2. The van der Waals surface area contributed by atoms with Crippen LogP contribution in [-0.2, 0) is 9.59 Å². The fourth-order valence-electron chi connectivity index (χ4n) is 4.21. The minimum Gasteiger partial charge on any atom is -0.507 e. The van der Waals surface area contributed by atoms with E-state index in [9.17, 15) is 14.7 Å². The van der Waals surface area contributed by atoms with E-state index in [-0.39, 0.29) is 11.3 Å². The summed E-state index contributed by atoms with van der Waals surface area (Å²) < 4.78 is 11.2. The molecule has 1 aliphatic heterocycles. The second-order valence-electron chi connectivity index (χ2n) is 8.10. The molecule has 0 bridgehead atoms. The number of aryl methyl sites for hydroxylation is 3. The lowest BCUT2D eigenvalue weighted by Gasteiger charge is -2.26. The number of hydrogen-bond donors (Lipinski definition) is 1. The Bertz CT molecular complexity index is 1050. The van der Waals surface area contributed by atoms with E-state index in [0.717, 1.165) is 24.2 Å². The number of aliphatic hydroxyl groups excluding tert-OH is 1. The molecule has 1 saturated heterocycles. The number of carbonyl (C=O) groups is 2. The van der Waals surface area contributed by atoms with E-state index < -0.39 is 17.7 Å². The van der Waals surface area contributed by atoms with Gasteiger partial charge in [0.25, 0.3) is 11.7 Å². The van der Waals surface area contributed by atoms with Crippen molar-refractivity contribution in [2.24, 2.45) is 0 Å². The number of hydrogen-bond acceptors (Lipinski definition) is 6. The third-order valence-corrected chi connectivity index (χ3v) is 6.12. The van der Waals surface area contributed by atoms with Crippen molar-refractivity contribution in [3.63, 3.8) is 0 Å². The molecule has 7 nitrogen and oxygen atoms in total. The van der Waals surface area contributed by atoms with Crippen LogP contribution < -0.4 is 4.74 Å². The van der Waals surface area contributed by atoms with Gasteiger partial charge in [0, 0.05) is 18.7 Å². The number of nitrogens with zero attached hydrogens (tertiary/aromatic N) is 2. The molecular weight excluding hydrogens is 408 g/mol. The lowest BCUT2D eigenvalue weighted by atomic mass is 9.95. The van der Waals surface area contributed by atoms with Crippen molar-refractivity contribution in [3.05, 3.63) is 58.0 Å². The molecule has 1 aromatic heterocycles. The van der Waals surface area contributed by atoms with Crippen molar-refractivity contribution in [1.29, 1.82) is 0 Å². The summed E-state index contributed by atoms with van der Waals surface area (Å²) >= 11 is 0. The van der Waals surface area contributed by atoms with Gasteiger partial charge in [0.15, 0.2) is 0 Å².